The van der Waals surface area contributed by atoms with E-state index < -0.39 is 10.7 Å². The van der Waals surface area contributed by atoms with Crippen LogP contribution in [0.4, 0.5) is 11.5 Å². The molecule has 0 saturated heterocycles. The van der Waals surface area contributed by atoms with Gasteiger partial charge in [0.2, 0.25) is 0 Å². The molecule has 23 heavy (non-hydrogen) atoms. The molecule has 6 heteroatoms. The zero-order valence-electron chi connectivity index (χ0n) is 12.1. The Morgan fingerprint density at radius 1 is 1.09 bits per heavy atom. The van der Waals surface area contributed by atoms with Gasteiger partial charge in [0.15, 0.2) is 11.3 Å². The highest BCUT2D eigenvalue weighted by Crippen LogP contribution is 2.31. The minimum absolute atomic E-state index is 0.121. The first-order valence-corrected chi connectivity index (χ1v) is 6.97. The van der Waals surface area contributed by atoms with Crippen LogP contribution in [0.5, 0.6) is 0 Å². The number of hydrogen-bond acceptors (Lipinski definition) is 5. The number of nitrogen functional groups attached to an aromatic ring is 1. The Morgan fingerprint density at radius 2 is 1.74 bits per heavy atom. The third kappa shape index (κ3) is 2.74. The van der Waals surface area contributed by atoms with E-state index in [-0.39, 0.29) is 23.5 Å². The molecule has 0 aliphatic rings. The first-order valence-electron chi connectivity index (χ1n) is 6.97. The van der Waals surface area contributed by atoms with E-state index in [2.05, 4.69) is 4.98 Å². The number of carbonyl (C=O) groups is 1. The molecule has 3 aromatic rings. The van der Waals surface area contributed by atoms with Crippen LogP contribution in [0.25, 0.3) is 10.9 Å². The second-order valence-electron chi connectivity index (χ2n) is 5.08. The first-order chi connectivity index (χ1) is 11.1. The Labute approximate surface area is 131 Å². The molecule has 0 radical (unpaired) electrons. The lowest BCUT2D eigenvalue weighted by molar-refractivity contribution is -0.388. The molecule has 0 aliphatic carbocycles. The molecule has 114 valence electrons. The third-order valence-corrected chi connectivity index (χ3v) is 3.57. The average molecular weight is 307 g/mol. The normalized spacial score (nSPS) is 10.6. The van der Waals surface area contributed by atoms with Crippen LogP contribution >= 0.6 is 0 Å². The van der Waals surface area contributed by atoms with Gasteiger partial charge in [0.1, 0.15) is 5.69 Å². The predicted octanol–water partition coefficient (Wildman–Crippen LogP) is 3.15. The molecule has 0 bridgehead atoms. The maximum Gasteiger partial charge on any atom is 0.388 e. The maximum absolute atomic E-state index is 12.7. The van der Waals surface area contributed by atoms with E-state index in [1.54, 1.807) is 24.3 Å². The Morgan fingerprint density at radius 3 is 2.43 bits per heavy atom. The molecule has 2 aromatic carbocycles. The van der Waals surface area contributed by atoms with Gasteiger partial charge in [-0.1, -0.05) is 42.5 Å². The minimum Gasteiger partial charge on any atom is -0.391 e. The Kier molecular flexibility index (Phi) is 3.72. The molecular weight excluding hydrogens is 294 g/mol. The molecule has 0 amide bonds. The smallest absolute Gasteiger partial charge is 0.388 e. The van der Waals surface area contributed by atoms with E-state index >= 15 is 0 Å². The van der Waals surface area contributed by atoms with Gasteiger partial charge in [0.25, 0.3) is 0 Å². The van der Waals surface area contributed by atoms with E-state index in [1.807, 2.05) is 30.3 Å². The molecule has 6 nitrogen and oxygen atoms in total. The monoisotopic (exact) mass is 307 g/mol. The van der Waals surface area contributed by atoms with Gasteiger partial charge in [0.05, 0.1) is 5.56 Å². The summed E-state index contributed by atoms with van der Waals surface area (Å²) in [6.45, 7) is 0. The highest BCUT2D eigenvalue weighted by molar-refractivity contribution is 6.13. The fraction of sp³-hybridized carbons (Fsp3) is 0.0588. The highest BCUT2D eigenvalue weighted by atomic mass is 16.6. The molecule has 0 aliphatic heterocycles. The van der Waals surface area contributed by atoms with Crippen LogP contribution in [0, 0.1) is 10.1 Å². The quantitative estimate of drug-likeness (QED) is 0.453. The number of pyridine rings is 1. The maximum atomic E-state index is 12.7. The van der Waals surface area contributed by atoms with E-state index in [9.17, 15) is 14.9 Å². The fourth-order valence-corrected chi connectivity index (χ4v) is 2.52. The van der Waals surface area contributed by atoms with Crippen LogP contribution in [0.3, 0.4) is 0 Å². The topological polar surface area (TPSA) is 99.1 Å². The minimum atomic E-state index is -0.666. The van der Waals surface area contributed by atoms with Gasteiger partial charge in [-0.2, -0.15) is 0 Å². The van der Waals surface area contributed by atoms with Gasteiger partial charge in [-0.25, -0.2) is 0 Å². The van der Waals surface area contributed by atoms with Crippen molar-refractivity contribution in [2.45, 2.75) is 6.42 Å². The van der Waals surface area contributed by atoms with E-state index in [4.69, 9.17) is 5.73 Å². The van der Waals surface area contributed by atoms with E-state index in [1.165, 1.54) is 0 Å². The summed E-state index contributed by atoms with van der Waals surface area (Å²) >= 11 is 0. The number of nitrogens with zero attached hydrogens (tertiary/aromatic N) is 2. The number of nitro groups is 1. The summed E-state index contributed by atoms with van der Waals surface area (Å²) in [6, 6.07) is 15.9. The van der Waals surface area contributed by atoms with Crippen molar-refractivity contribution in [1.29, 1.82) is 0 Å². The number of aromatic nitrogens is 1. The van der Waals surface area contributed by atoms with E-state index in [0.29, 0.717) is 10.9 Å². The molecule has 0 fully saturated rings. The lowest BCUT2D eigenvalue weighted by Crippen LogP contribution is -2.11. The van der Waals surface area contributed by atoms with Crippen LogP contribution < -0.4 is 5.73 Å². The summed E-state index contributed by atoms with van der Waals surface area (Å²) in [5, 5.41) is 11.7. The van der Waals surface area contributed by atoms with Crippen molar-refractivity contribution in [2.75, 3.05) is 5.73 Å². The summed E-state index contributed by atoms with van der Waals surface area (Å²) in [6.07, 6.45) is 0.121. The number of rotatable bonds is 4. The third-order valence-electron chi connectivity index (χ3n) is 3.57. The Balaban J connectivity index is 2.17. The number of fused-ring (bicyclic) bond motifs is 1. The molecule has 2 N–H and O–H groups in total. The molecule has 0 spiro atoms. The van der Waals surface area contributed by atoms with Crippen molar-refractivity contribution in [1.82, 2.24) is 4.98 Å². The Bertz CT molecular complexity index is 908. The van der Waals surface area contributed by atoms with E-state index in [0.717, 1.165) is 5.56 Å². The zero-order valence-corrected chi connectivity index (χ0v) is 12.1. The van der Waals surface area contributed by atoms with Gasteiger partial charge in [-0.15, -0.1) is 0 Å². The van der Waals surface area contributed by atoms with Gasteiger partial charge < -0.3 is 15.8 Å². The average Bonchev–Trinajstić information content (AvgIpc) is 2.54. The number of ketones is 1. The number of para-hydroxylation sites is 1. The van der Waals surface area contributed by atoms with Crippen LogP contribution in [0.2, 0.25) is 0 Å². The summed E-state index contributed by atoms with van der Waals surface area (Å²) in [4.78, 5) is 27.1. The highest BCUT2D eigenvalue weighted by Gasteiger charge is 2.25. The zero-order chi connectivity index (χ0) is 16.4. The molecule has 0 atom stereocenters. The second kappa shape index (κ2) is 5.84. The fourth-order valence-electron chi connectivity index (χ4n) is 2.52. The van der Waals surface area contributed by atoms with Crippen molar-refractivity contribution < 1.29 is 9.72 Å². The van der Waals surface area contributed by atoms with Crippen LogP contribution in [0.1, 0.15) is 15.9 Å². The standard InChI is InChI=1S/C17H13N3O3/c18-16-15(14(21)10-11-6-2-1-3-7-11)12-8-4-5-9-13(12)19-17(16)20(22)23/h1-9H,10,18H2. The number of anilines is 1. The van der Waals surface area contributed by atoms with Gasteiger partial charge in [-0.3, -0.25) is 4.79 Å². The molecule has 3 rings (SSSR count). The summed E-state index contributed by atoms with van der Waals surface area (Å²) in [5.41, 5.74) is 7.05. The number of benzene rings is 2. The van der Waals surface area contributed by atoms with Crippen LogP contribution in [0.15, 0.2) is 54.6 Å². The molecule has 0 unspecified atom stereocenters. The summed E-state index contributed by atoms with van der Waals surface area (Å²) in [7, 11) is 0. The van der Waals surface area contributed by atoms with Crippen LogP contribution in [-0.4, -0.2) is 15.7 Å². The number of Topliss-reactive ketones (excluding diaryl/α,β-unsaturated/α-hetero) is 1. The molecular formula is C17H13N3O3. The summed E-state index contributed by atoms with van der Waals surface area (Å²) < 4.78 is 0. The lowest BCUT2D eigenvalue weighted by Gasteiger charge is -2.08. The van der Waals surface area contributed by atoms with Crippen molar-refractivity contribution >= 4 is 28.2 Å². The summed E-state index contributed by atoms with van der Waals surface area (Å²) in [5.74, 6) is -0.754. The number of nitrogens with two attached hydrogens (primary N) is 1. The van der Waals surface area contributed by atoms with Gasteiger partial charge >= 0.3 is 5.82 Å². The lowest BCUT2D eigenvalue weighted by atomic mass is 9.98. The van der Waals surface area contributed by atoms with Crippen molar-refractivity contribution in [2.24, 2.45) is 0 Å². The molecule has 1 aromatic heterocycles. The number of hydrogen-bond donors (Lipinski definition) is 1. The second-order valence-corrected chi connectivity index (χ2v) is 5.08. The van der Waals surface area contributed by atoms with Crippen LogP contribution in [-0.2, 0) is 6.42 Å². The van der Waals surface area contributed by atoms with Gasteiger partial charge in [-0.05, 0) is 27.6 Å². The predicted molar refractivity (Wildman–Crippen MR) is 87.3 cm³/mol. The Hall–Kier alpha value is -3.28. The van der Waals surface area contributed by atoms with Crippen molar-refractivity contribution in [3.05, 3.63) is 75.8 Å². The van der Waals surface area contributed by atoms with Gasteiger partial charge in [0, 0.05) is 11.8 Å². The number of carbonyl (C=O) groups excluding carboxylic acids is 1. The SMILES string of the molecule is Nc1c([N+](=O)[O-])nc2ccccc2c1C(=O)Cc1ccccc1. The molecule has 1 heterocycles. The first kappa shape index (κ1) is 14.6. The largest absolute Gasteiger partial charge is 0.391 e. The molecule has 0 saturated carbocycles. The van der Waals surface area contributed by atoms with Crippen molar-refractivity contribution in [3.8, 4) is 0 Å². The van der Waals surface area contributed by atoms with Crippen molar-refractivity contribution in [3.63, 3.8) is 0 Å².